The zero-order chi connectivity index (χ0) is 18.4. The molecule has 1 rings (SSSR count). The Morgan fingerprint density at radius 2 is 1.88 bits per heavy atom. The Morgan fingerprint density at radius 1 is 1.25 bits per heavy atom. The van der Waals surface area contributed by atoms with E-state index in [0.29, 0.717) is 19.4 Å². The minimum atomic E-state index is -1.41. The maximum atomic E-state index is 12.7. The van der Waals surface area contributed by atoms with Gasteiger partial charge in [0.2, 0.25) is 0 Å². The molecule has 2 amide bonds. The van der Waals surface area contributed by atoms with Gasteiger partial charge in [-0.1, -0.05) is 27.7 Å². The number of alkyl carbamates (subject to hydrolysis) is 1. The summed E-state index contributed by atoms with van der Waals surface area (Å²) in [4.78, 5) is 38.0. The van der Waals surface area contributed by atoms with Crippen LogP contribution in [0, 0.1) is 11.8 Å². The van der Waals surface area contributed by atoms with Crippen LogP contribution in [0.15, 0.2) is 0 Å². The average Bonchev–Trinajstić information content (AvgIpc) is 2.99. The van der Waals surface area contributed by atoms with Gasteiger partial charge in [-0.3, -0.25) is 9.59 Å². The third-order valence-electron chi connectivity index (χ3n) is 4.30. The summed E-state index contributed by atoms with van der Waals surface area (Å²) in [6.45, 7) is 7.96. The normalized spacial score (nSPS) is 20.2. The first-order valence-corrected chi connectivity index (χ1v) is 8.54. The lowest BCUT2D eigenvalue weighted by Crippen LogP contribution is -2.55. The molecule has 1 heterocycles. The van der Waals surface area contributed by atoms with Gasteiger partial charge in [-0.25, -0.2) is 4.79 Å². The van der Waals surface area contributed by atoms with E-state index in [1.807, 2.05) is 13.8 Å². The van der Waals surface area contributed by atoms with Gasteiger partial charge < -0.3 is 20.1 Å². The molecule has 0 radical (unpaired) electrons. The fourth-order valence-electron chi connectivity index (χ4n) is 3.03. The molecule has 1 saturated heterocycles. The Morgan fingerprint density at radius 3 is 2.38 bits per heavy atom. The minimum Gasteiger partial charge on any atom is -0.453 e. The molecular formula is C17H30N2O5. The fraction of sp³-hybridized carbons (Fsp3) is 0.824. The molecule has 0 bridgehead atoms. The summed E-state index contributed by atoms with van der Waals surface area (Å²) >= 11 is 0. The number of likely N-dealkylation sites (tertiary alicyclic amines) is 1. The largest absolute Gasteiger partial charge is 0.453 e. The summed E-state index contributed by atoms with van der Waals surface area (Å²) in [7, 11) is 1.22. The second-order valence-corrected chi connectivity index (χ2v) is 7.10. The van der Waals surface area contributed by atoms with Crippen molar-refractivity contribution in [2.75, 3.05) is 13.7 Å². The number of Topliss-reactive ketones (excluding diaryl/α,β-unsaturated/α-hetero) is 1. The number of carbonyl (C=O) groups is 3. The van der Waals surface area contributed by atoms with E-state index >= 15 is 0 Å². The third kappa shape index (κ3) is 5.19. The molecule has 3 atom stereocenters. The monoisotopic (exact) mass is 342 g/mol. The van der Waals surface area contributed by atoms with Crippen molar-refractivity contribution in [2.45, 2.75) is 65.1 Å². The van der Waals surface area contributed by atoms with E-state index in [-0.39, 0.29) is 17.6 Å². The first-order chi connectivity index (χ1) is 11.2. The Bertz CT molecular complexity index is 464. The van der Waals surface area contributed by atoms with E-state index in [1.54, 1.807) is 13.8 Å². The molecule has 0 aliphatic carbocycles. The lowest BCUT2D eigenvalue weighted by molar-refractivity contribution is -0.146. The summed E-state index contributed by atoms with van der Waals surface area (Å²) in [6, 6.07) is -1.24. The number of ketones is 1. The predicted octanol–water partition coefficient (Wildman–Crippen LogP) is 1.33. The number of nitrogens with one attached hydrogen (secondary N) is 1. The molecule has 1 fully saturated rings. The van der Waals surface area contributed by atoms with Crippen LogP contribution in [-0.2, 0) is 14.3 Å². The van der Waals surface area contributed by atoms with Crippen LogP contribution in [0.4, 0.5) is 4.79 Å². The van der Waals surface area contributed by atoms with Crippen molar-refractivity contribution in [3.63, 3.8) is 0 Å². The van der Waals surface area contributed by atoms with Crippen LogP contribution in [0.1, 0.15) is 47.0 Å². The molecule has 1 aliphatic rings. The van der Waals surface area contributed by atoms with E-state index in [0.717, 1.165) is 6.42 Å². The number of amides is 2. The summed E-state index contributed by atoms with van der Waals surface area (Å²) < 4.78 is 4.55. The molecule has 24 heavy (non-hydrogen) atoms. The number of nitrogens with zero attached hydrogens (tertiary/aromatic N) is 1. The summed E-state index contributed by atoms with van der Waals surface area (Å²) in [5, 5.41) is 13.0. The molecule has 2 N–H and O–H groups in total. The predicted molar refractivity (Wildman–Crippen MR) is 89.4 cm³/mol. The zero-order valence-corrected chi connectivity index (χ0v) is 15.2. The fourth-order valence-corrected chi connectivity index (χ4v) is 3.03. The van der Waals surface area contributed by atoms with Gasteiger partial charge in [0.05, 0.1) is 19.2 Å². The van der Waals surface area contributed by atoms with Gasteiger partial charge in [-0.15, -0.1) is 0 Å². The van der Waals surface area contributed by atoms with E-state index in [9.17, 15) is 19.5 Å². The molecule has 0 saturated carbocycles. The number of methoxy groups -OCH3 is 1. The van der Waals surface area contributed by atoms with Crippen molar-refractivity contribution >= 4 is 17.8 Å². The molecule has 0 spiro atoms. The number of aliphatic hydroxyl groups excluding tert-OH is 1. The molecule has 138 valence electrons. The Kier molecular flexibility index (Phi) is 7.66. The Balaban J connectivity index is 2.84. The molecule has 1 aliphatic heterocycles. The van der Waals surface area contributed by atoms with Gasteiger partial charge in [0, 0.05) is 13.0 Å². The number of hydrogen-bond acceptors (Lipinski definition) is 5. The molecule has 0 aromatic carbocycles. The highest BCUT2D eigenvalue weighted by Crippen LogP contribution is 2.23. The van der Waals surface area contributed by atoms with Gasteiger partial charge in [0.25, 0.3) is 5.91 Å². The molecule has 7 heteroatoms. The topological polar surface area (TPSA) is 95.9 Å². The van der Waals surface area contributed by atoms with Gasteiger partial charge in [0.1, 0.15) is 0 Å². The van der Waals surface area contributed by atoms with Crippen molar-refractivity contribution in [3.05, 3.63) is 0 Å². The van der Waals surface area contributed by atoms with Crippen molar-refractivity contribution in [3.8, 4) is 0 Å². The summed E-state index contributed by atoms with van der Waals surface area (Å²) in [5.74, 6) is -0.422. The maximum absolute atomic E-state index is 12.7. The van der Waals surface area contributed by atoms with Gasteiger partial charge >= 0.3 is 6.09 Å². The SMILES string of the molecule is COC(=O)NC(C(C)C)C(O)C(=O)N1CCCC1C(=O)CC(C)C. The van der Waals surface area contributed by atoms with Crippen LogP contribution in [-0.4, -0.2) is 59.6 Å². The van der Waals surface area contributed by atoms with E-state index in [1.165, 1.54) is 12.0 Å². The summed E-state index contributed by atoms with van der Waals surface area (Å²) in [5.41, 5.74) is 0. The highest BCUT2D eigenvalue weighted by atomic mass is 16.5. The zero-order valence-electron chi connectivity index (χ0n) is 15.2. The van der Waals surface area contributed by atoms with Crippen molar-refractivity contribution in [1.29, 1.82) is 0 Å². The number of hydrogen-bond donors (Lipinski definition) is 2. The number of aliphatic hydroxyl groups is 1. The molecule has 7 nitrogen and oxygen atoms in total. The first kappa shape index (κ1) is 20.4. The maximum Gasteiger partial charge on any atom is 0.407 e. The van der Waals surface area contributed by atoms with Gasteiger partial charge in [0.15, 0.2) is 11.9 Å². The van der Waals surface area contributed by atoms with Crippen LogP contribution >= 0.6 is 0 Å². The lowest BCUT2D eigenvalue weighted by atomic mass is 9.96. The van der Waals surface area contributed by atoms with Gasteiger partial charge in [-0.05, 0) is 24.7 Å². The van der Waals surface area contributed by atoms with Crippen LogP contribution in [0.25, 0.3) is 0 Å². The lowest BCUT2D eigenvalue weighted by Gasteiger charge is -2.31. The standard InChI is InChI=1S/C17H30N2O5/c1-10(2)9-13(20)12-7-6-8-19(12)16(22)15(21)14(11(3)4)18-17(23)24-5/h10-12,14-15,21H,6-9H2,1-5H3,(H,18,23). The van der Waals surface area contributed by atoms with E-state index in [2.05, 4.69) is 10.1 Å². The molecule has 0 aromatic rings. The highest BCUT2D eigenvalue weighted by Gasteiger charge is 2.40. The Hall–Kier alpha value is -1.63. The van der Waals surface area contributed by atoms with Crippen LogP contribution in [0.5, 0.6) is 0 Å². The highest BCUT2D eigenvalue weighted by molar-refractivity contribution is 5.91. The molecule has 3 unspecified atom stereocenters. The Labute approximate surface area is 143 Å². The second kappa shape index (κ2) is 9.01. The molecular weight excluding hydrogens is 312 g/mol. The minimum absolute atomic E-state index is 0.0325. The van der Waals surface area contributed by atoms with E-state index < -0.39 is 30.2 Å². The van der Waals surface area contributed by atoms with Crippen molar-refractivity contribution in [1.82, 2.24) is 10.2 Å². The average molecular weight is 342 g/mol. The van der Waals surface area contributed by atoms with Crippen molar-refractivity contribution < 1.29 is 24.2 Å². The number of carbonyl (C=O) groups excluding carboxylic acids is 3. The van der Waals surface area contributed by atoms with Crippen LogP contribution in [0.2, 0.25) is 0 Å². The number of ether oxygens (including phenoxy) is 1. The second-order valence-electron chi connectivity index (χ2n) is 7.10. The summed E-state index contributed by atoms with van der Waals surface area (Å²) in [6.07, 6.45) is -0.325. The van der Waals surface area contributed by atoms with Gasteiger partial charge in [-0.2, -0.15) is 0 Å². The number of rotatable bonds is 7. The van der Waals surface area contributed by atoms with Crippen LogP contribution < -0.4 is 5.32 Å². The first-order valence-electron chi connectivity index (χ1n) is 8.54. The third-order valence-corrected chi connectivity index (χ3v) is 4.30. The van der Waals surface area contributed by atoms with Crippen molar-refractivity contribution in [2.24, 2.45) is 11.8 Å². The smallest absolute Gasteiger partial charge is 0.407 e. The molecule has 0 aromatic heterocycles. The quantitative estimate of drug-likeness (QED) is 0.728. The van der Waals surface area contributed by atoms with E-state index in [4.69, 9.17) is 0 Å². The van der Waals surface area contributed by atoms with Crippen LogP contribution in [0.3, 0.4) is 0 Å².